The molecule has 0 saturated carbocycles. The Balaban J connectivity index is 1.45. The third-order valence-corrected chi connectivity index (χ3v) is 6.23. The second kappa shape index (κ2) is 10.1. The summed E-state index contributed by atoms with van der Waals surface area (Å²) in [6.45, 7) is 6.54. The molecule has 0 fully saturated rings. The SMILES string of the molecule is Cc1nn(Cc2c(F)cccc2Cl)c(C)c1NC(=S)Nc1cc(C)n(Cc2cccc(Cl)c2)n1. The number of hydrogen-bond donors (Lipinski definition) is 2. The van der Waals surface area contributed by atoms with Crippen molar-refractivity contribution in [2.24, 2.45) is 0 Å². The van der Waals surface area contributed by atoms with Gasteiger partial charge in [0.25, 0.3) is 0 Å². The Morgan fingerprint density at radius 1 is 0.971 bits per heavy atom. The van der Waals surface area contributed by atoms with Crippen molar-refractivity contribution in [3.05, 3.63) is 92.6 Å². The van der Waals surface area contributed by atoms with Gasteiger partial charge in [-0.1, -0.05) is 41.4 Å². The van der Waals surface area contributed by atoms with Crippen LogP contribution in [0, 0.1) is 26.6 Å². The largest absolute Gasteiger partial charge is 0.329 e. The predicted octanol–water partition coefficient (Wildman–Crippen LogP) is 6.36. The highest BCUT2D eigenvalue weighted by Crippen LogP contribution is 2.25. The number of thiocarbonyl (C=S) groups is 1. The predicted molar refractivity (Wildman–Crippen MR) is 140 cm³/mol. The maximum atomic E-state index is 14.2. The van der Waals surface area contributed by atoms with Crippen LogP contribution in [0.25, 0.3) is 0 Å². The lowest BCUT2D eigenvalue weighted by atomic mass is 10.2. The zero-order valence-corrected chi connectivity index (χ0v) is 21.2. The first kappa shape index (κ1) is 24.2. The highest BCUT2D eigenvalue weighted by molar-refractivity contribution is 7.80. The van der Waals surface area contributed by atoms with Gasteiger partial charge < -0.3 is 10.6 Å². The lowest BCUT2D eigenvalue weighted by molar-refractivity contribution is 0.579. The molecule has 0 aliphatic heterocycles. The van der Waals surface area contributed by atoms with E-state index in [9.17, 15) is 4.39 Å². The minimum atomic E-state index is -0.365. The van der Waals surface area contributed by atoms with Crippen LogP contribution in [-0.4, -0.2) is 24.7 Å². The topological polar surface area (TPSA) is 59.7 Å². The van der Waals surface area contributed by atoms with Gasteiger partial charge >= 0.3 is 0 Å². The van der Waals surface area contributed by atoms with Crippen LogP contribution >= 0.6 is 35.4 Å². The van der Waals surface area contributed by atoms with Gasteiger partial charge in [0.05, 0.1) is 30.2 Å². The molecule has 0 spiro atoms. The van der Waals surface area contributed by atoms with Crippen molar-refractivity contribution >= 4 is 52.0 Å². The van der Waals surface area contributed by atoms with Crippen molar-refractivity contribution < 1.29 is 4.39 Å². The molecule has 0 atom stereocenters. The zero-order valence-electron chi connectivity index (χ0n) is 18.9. The molecule has 4 aromatic rings. The van der Waals surface area contributed by atoms with Crippen molar-refractivity contribution in [2.75, 3.05) is 10.6 Å². The first-order chi connectivity index (χ1) is 16.2. The third-order valence-electron chi connectivity index (χ3n) is 5.43. The number of hydrogen-bond acceptors (Lipinski definition) is 3. The van der Waals surface area contributed by atoms with Gasteiger partial charge in [0.1, 0.15) is 5.82 Å². The van der Waals surface area contributed by atoms with Gasteiger partial charge in [0.2, 0.25) is 0 Å². The molecule has 0 bridgehead atoms. The minimum absolute atomic E-state index is 0.215. The molecule has 0 saturated heterocycles. The van der Waals surface area contributed by atoms with E-state index in [1.54, 1.807) is 16.8 Å². The molecule has 4 rings (SSSR count). The monoisotopic (exact) mass is 516 g/mol. The number of anilines is 2. The lowest BCUT2D eigenvalue weighted by Gasteiger charge is -2.11. The summed E-state index contributed by atoms with van der Waals surface area (Å²) in [7, 11) is 0. The summed E-state index contributed by atoms with van der Waals surface area (Å²) >= 11 is 17.8. The van der Waals surface area contributed by atoms with Crippen LogP contribution < -0.4 is 10.6 Å². The van der Waals surface area contributed by atoms with Crippen LogP contribution in [0.2, 0.25) is 10.0 Å². The number of aromatic nitrogens is 4. The molecule has 2 heterocycles. The van der Waals surface area contributed by atoms with Crippen molar-refractivity contribution in [3.63, 3.8) is 0 Å². The Labute approximate surface area is 212 Å². The second-order valence-electron chi connectivity index (χ2n) is 7.94. The van der Waals surface area contributed by atoms with E-state index in [1.165, 1.54) is 6.07 Å². The number of aryl methyl sites for hydroxylation is 2. The smallest absolute Gasteiger partial charge is 0.176 e. The molecular formula is C24H23Cl2FN6S. The summed E-state index contributed by atoms with van der Waals surface area (Å²) in [6.07, 6.45) is 0. The first-order valence-electron chi connectivity index (χ1n) is 10.5. The van der Waals surface area contributed by atoms with E-state index in [0.717, 1.165) is 28.3 Å². The number of nitrogens with one attached hydrogen (secondary N) is 2. The van der Waals surface area contributed by atoms with E-state index in [4.69, 9.17) is 35.4 Å². The van der Waals surface area contributed by atoms with E-state index in [1.807, 2.05) is 55.8 Å². The van der Waals surface area contributed by atoms with Gasteiger partial charge in [0, 0.05) is 27.4 Å². The molecule has 2 aromatic carbocycles. The highest BCUT2D eigenvalue weighted by Gasteiger charge is 2.16. The van der Waals surface area contributed by atoms with Gasteiger partial charge in [-0.15, -0.1) is 0 Å². The third kappa shape index (κ3) is 5.41. The van der Waals surface area contributed by atoms with Crippen molar-refractivity contribution in [1.82, 2.24) is 19.6 Å². The standard InChI is InChI=1S/C24H23Cl2FN6S/c1-14-10-22(31-32(14)12-17-6-4-7-18(25)11-17)28-24(34)29-23-15(2)30-33(16(23)3)13-19-20(26)8-5-9-21(19)27/h4-11H,12-13H2,1-3H3,(H2,28,29,31,34). The van der Waals surface area contributed by atoms with E-state index in [0.29, 0.717) is 33.1 Å². The Morgan fingerprint density at radius 3 is 2.47 bits per heavy atom. The molecule has 0 aliphatic carbocycles. The van der Waals surface area contributed by atoms with Gasteiger partial charge in [-0.25, -0.2) is 4.39 Å². The fraction of sp³-hybridized carbons (Fsp3) is 0.208. The zero-order chi connectivity index (χ0) is 24.4. The number of rotatable bonds is 6. The highest BCUT2D eigenvalue weighted by atomic mass is 35.5. The van der Waals surface area contributed by atoms with E-state index in [-0.39, 0.29) is 12.4 Å². The number of halogens is 3. The quantitative estimate of drug-likeness (QED) is 0.292. The number of benzene rings is 2. The molecule has 10 heteroatoms. The molecular weight excluding hydrogens is 494 g/mol. The Kier molecular flexibility index (Phi) is 7.21. The van der Waals surface area contributed by atoms with Crippen LogP contribution in [-0.2, 0) is 13.1 Å². The van der Waals surface area contributed by atoms with Gasteiger partial charge in [0.15, 0.2) is 10.9 Å². The summed E-state index contributed by atoms with van der Waals surface area (Å²) in [5.74, 6) is 0.258. The summed E-state index contributed by atoms with van der Waals surface area (Å²) in [6, 6.07) is 14.2. The minimum Gasteiger partial charge on any atom is -0.329 e. The summed E-state index contributed by atoms with van der Waals surface area (Å²) in [4.78, 5) is 0. The molecule has 0 unspecified atom stereocenters. The molecule has 0 radical (unpaired) electrons. The lowest BCUT2D eigenvalue weighted by Crippen LogP contribution is -2.20. The Morgan fingerprint density at radius 2 is 1.74 bits per heavy atom. The van der Waals surface area contributed by atoms with Gasteiger partial charge in [-0.05, 0) is 62.8 Å². The molecule has 0 amide bonds. The molecule has 2 N–H and O–H groups in total. The summed E-state index contributed by atoms with van der Waals surface area (Å²) < 4.78 is 17.8. The van der Waals surface area contributed by atoms with Crippen molar-refractivity contribution in [3.8, 4) is 0 Å². The van der Waals surface area contributed by atoms with Crippen molar-refractivity contribution in [1.29, 1.82) is 0 Å². The number of nitrogens with zero attached hydrogens (tertiary/aromatic N) is 4. The Bertz CT molecular complexity index is 1340. The molecule has 176 valence electrons. The van der Waals surface area contributed by atoms with Crippen LogP contribution in [0.1, 0.15) is 28.2 Å². The van der Waals surface area contributed by atoms with Gasteiger partial charge in [-0.2, -0.15) is 10.2 Å². The van der Waals surface area contributed by atoms with E-state index < -0.39 is 0 Å². The average molecular weight is 517 g/mol. The molecule has 0 aliphatic rings. The maximum Gasteiger partial charge on any atom is 0.176 e. The average Bonchev–Trinajstić information content (AvgIpc) is 3.23. The van der Waals surface area contributed by atoms with Crippen LogP contribution in [0.15, 0.2) is 48.5 Å². The Hall–Kier alpha value is -2.94. The van der Waals surface area contributed by atoms with Crippen LogP contribution in [0.3, 0.4) is 0 Å². The van der Waals surface area contributed by atoms with E-state index in [2.05, 4.69) is 20.8 Å². The summed E-state index contributed by atoms with van der Waals surface area (Å²) in [5, 5.41) is 16.9. The van der Waals surface area contributed by atoms with Crippen LogP contribution in [0.4, 0.5) is 15.9 Å². The fourth-order valence-electron chi connectivity index (χ4n) is 3.67. The fourth-order valence-corrected chi connectivity index (χ4v) is 4.31. The first-order valence-corrected chi connectivity index (χ1v) is 11.7. The molecule has 2 aromatic heterocycles. The van der Waals surface area contributed by atoms with Crippen molar-refractivity contribution in [2.45, 2.75) is 33.9 Å². The van der Waals surface area contributed by atoms with Gasteiger partial charge in [-0.3, -0.25) is 9.36 Å². The molecule has 6 nitrogen and oxygen atoms in total. The summed E-state index contributed by atoms with van der Waals surface area (Å²) in [5.41, 5.74) is 4.72. The van der Waals surface area contributed by atoms with E-state index >= 15 is 0 Å². The molecule has 34 heavy (non-hydrogen) atoms. The normalized spacial score (nSPS) is 11.0. The second-order valence-corrected chi connectivity index (χ2v) is 9.19. The maximum absolute atomic E-state index is 14.2. The van der Waals surface area contributed by atoms with Crippen LogP contribution in [0.5, 0.6) is 0 Å².